The fourth-order valence-corrected chi connectivity index (χ4v) is 4.39. The molecule has 1 saturated carbocycles. The van der Waals surface area contributed by atoms with Crippen LogP contribution < -0.4 is 0 Å². The van der Waals surface area contributed by atoms with Crippen molar-refractivity contribution in [3.63, 3.8) is 0 Å². The lowest BCUT2D eigenvalue weighted by molar-refractivity contribution is 0.0599. The first-order chi connectivity index (χ1) is 14.7. The van der Waals surface area contributed by atoms with E-state index in [-0.39, 0.29) is 5.54 Å². The molecule has 0 bridgehead atoms. The normalized spacial score (nSPS) is 20.4. The second-order valence-electron chi connectivity index (χ2n) is 7.78. The van der Waals surface area contributed by atoms with E-state index in [0.717, 1.165) is 46.3 Å². The van der Waals surface area contributed by atoms with E-state index in [4.69, 9.17) is 10.2 Å². The van der Waals surface area contributed by atoms with Crippen molar-refractivity contribution >= 4 is 10.9 Å². The number of rotatable bonds is 5. The number of hydrogen-bond donors (Lipinski definition) is 1. The fraction of sp³-hybridized carbons (Fsp3) is 0.273. The maximum absolute atomic E-state index is 9.37. The Bertz CT molecular complexity index is 1280. The first-order valence-corrected chi connectivity index (χ1v) is 9.77. The summed E-state index contributed by atoms with van der Waals surface area (Å²) in [7, 11) is 0. The minimum absolute atomic E-state index is 0.323. The van der Waals surface area contributed by atoms with Crippen molar-refractivity contribution in [1.82, 2.24) is 29.9 Å². The van der Waals surface area contributed by atoms with Crippen molar-refractivity contribution in [2.24, 2.45) is 5.92 Å². The van der Waals surface area contributed by atoms with Gasteiger partial charge in [-0.05, 0) is 37.0 Å². The van der Waals surface area contributed by atoms with E-state index in [1.165, 1.54) is 0 Å². The first kappa shape index (κ1) is 18.0. The first-order valence-electron chi connectivity index (χ1n) is 9.77. The molecule has 0 atom stereocenters. The van der Waals surface area contributed by atoms with Crippen LogP contribution in [0, 0.1) is 28.6 Å². The number of nitrogens with one attached hydrogen (secondary N) is 1. The summed E-state index contributed by atoms with van der Waals surface area (Å²) >= 11 is 0. The fourth-order valence-electron chi connectivity index (χ4n) is 4.39. The van der Waals surface area contributed by atoms with Crippen LogP contribution in [0.15, 0.2) is 49.2 Å². The third-order valence-corrected chi connectivity index (χ3v) is 5.86. The Morgan fingerprint density at radius 2 is 2.10 bits per heavy atom. The lowest BCUT2D eigenvalue weighted by Gasteiger charge is -2.45. The molecule has 1 fully saturated rings. The van der Waals surface area contributed by atoms with E-state index in [1.54, 1.807) is 24.8 Å². The lowest BCUT2D eigenvalue weighted by atomic mass is 9.66. The highest BCUT2D eigenvalue weighted by Gasteiger charge is 2.46. The molecule has 146 valence electrons. The molecular formula is C22H18N8. The van der Waals surface area contributed by atoms with Gasteiger partial charge in [-0.25, -0.2) is 4.98 Å². The molecule has 0 aromatic carbocycles. The molecule has 1 N–H and O–H groups in total. The SMILES string of the molecule is N#CC[C@H]1C[C@](CC#N)(n2cc(-c3nc(-c4cn[nH]c4)cc4ncccc34)cn2)C1. The Balaban J connectivity index is 1.58. The van der Waals surface area contributed by atoms with Gasteiger partial charge in [0.1, 0.15) is 0 Å². The Morgan fingerprint density at radius 3 is 2.87 bits per heavy atom. The number of aromatic nitrogens is 6. The van der Waals surface area contributed by atoms with E-state index in [9.17, 15) is 5.26 Å². The van der Waals surface area contributed by atoms with Gasteiger partial charge in [-0.1, -0.05) is 0 Å². The molecule has 4 aromatic rings. The van der Waals surface area contributed by atoms with Gasteiger partial charge in [-0.3, -0.25) is 14.8 Å². The largest absolute Gasteiger partial charge is 0.285 e. The molecule has 0 amide bonds. The summed E-state index contributed by atoms with van der Waals surface area (Å²) in [6.45, 7) is 0. The maximum Gasteiger partial charge on any atom is 0.0835 e. The molecule has 1 aliphatic rings. The van der Waals surface area contributed by atoms with Crippen molar-refractivity contribution in [2.45, 2.75) is 31.2 Å². The zero-order valence-electron chi connectivity index (χ0n) is 16.2. The molecule has 0 saturated heterocycles. The Morgan fingerprint density at radius 1 is 1.20 bits per heavy atom. The molecule has 1 aliphatic carbocycles. The average molecular weight is 394 g/mol. The number of fused-ring (bicyclic) bond motifs is 1. The van der Waals surface area contributed by atoms with Crippen molar-refractivity contribution in [2.75, 3.05) is 0 Å². The summed E-state index contributed by atoms with van der Waals surface area (Å²) in [6.07, 6.45) is 11.5. The number of aromatic amines is 1. The van der Waals surface area contributed by atoms with Gasteiger partial charge in [0.25, 0.3) is 0 Å². The maximum atomic E-state index is 9.37. The molecule has 0 unspecified atom stereocenters. The Labute approximate surface area is 172 Å². The van der Waals surface area contributed by atoms with Gasteiger partial charge in [0.2, 0.25) is 0 Å². The van der Waals surface area contributed by atoms with Gasteiger partial charge >= 0.3 is 0 Å². The molecule has 8 heteroatoms. The van der Waals surface area contributed by atoms with Crippen LogP contribution in [0.25, 0.3) is 33.4 Å². The van der Waals surface area contributed by atoms with Gasteiger partial charge < -0.3 is 0 Å². The molecule has 0 aliphatic heterocycles. The van der Waals surface area contributed by atoms with Crippen molar-refractivity contribution in [1.29, 1.82) is 10.5 Å². The van der Waals surface area contributed by atoms with Crippen molar-refractivity contribution in [3.8, 4) is 34.7 Å². The molecule has 0 spiro atoms. The van der Waals surface area contributed by atoms with Crippen LogP contribution in [-0.4, -0.2) is 29.9 Å². The molecule has 8 nitrogen and oxygen atoms in total. The number of nitrogens with zero attached hydrogens (tertiary/aromatic N) is 7. The van der Waals surface area contributed by atoms with Crippen LogP contribution in [0.3, 0.4) is 0 Å². The van der Waals surface area contributed by atoms with E-state index in [1.807, 2.05) is 29.1 Å². The Kier molecular flexibility index (Phi) is 4.26. The van der Waals surface area contributed by atoms with Crippen LogP contribution in [0.4, 0.5) is 0 Å². The smallest absolute Gasteiger partial charge is 0.0835 e. The zero-order valence-corrected chi connectivity index (χ0v) is 16.2. The third-order valence-electron chi connectivity index (χ3n) is 5.86. The highest BCUT2D eigenvalue weighted by Crippen LogP contribution is 2.48. The summed E-state index contributed by atoms with van der Waals surface area (Å²) in [5.41, 5.74) is 3.83. The van der Waals surface area contributed by atoms with Gasteiger partial charge in [-0.2, -0.15) is 20.7 Å². The predicted octanol–water partition coefficient (Wildman–Crippen LogP) is 3.82. The van der Waals surface area contributed by atoms with E-state index in [2.05, 4.69) is 32.4 Å². The summed E-state index contributed by atoms with van der Waals surface area (Å²) in [5.74, 6) is 0.323. The average Bonchev–Trinajstić information content (AvgIpc) is 3.44. The van der Waals surface area contributed by atoms with E-state index >= 15 is 0 Å². The molecule has 4 heterocycles. The lowest BCUT2D eigenvalue weighted by Crippen LogP contribution is -2.46. The van der Waals surface area contributed by atoms with Crippen LogP contribution in [0.1, 0.15) is 25.7 Å². The van der Waals surface area contributed by atoms with Gasteiger partial charge in [0.05, 0.1) is 53.4 Å². The van der Waals surface area contributed by atoms with Crippen LogP contribution in [0.5, 0.6) is 0 Å². The highest BCUT2D eigenvalue weighted by atomic mass is 15.3. The summed E-state index contributed by atoms with van der Waals surface area (Å²) in [6, 6.07) is 10.4. The second-order valence-corrected chi connectivity index (χ2v) is 7.78. The monoisotopic (exact) mass is 394 g/mol. The predicted molar refractivity (Wildman–Crippen MR) is 109 cm³/mol. The van der Waals surface area contributed by atoms with Gasteiger partial charge in [-0.15, -0.1) is 0 Å². The third kappa shape index (κ3) is 2.90. The second kappa shape index (κ2) is 7.09. The number of pyridine rings is 2. The van der Waals surface area contributed by atoms with Crippen LogP contribution in [-0.2, 0) is 5.54 Å². The van der Waals surface area contributed by atoms with Crippen LogP contribution in [0.2, 0.25) is 0 Å². The number of nitriles is 2. The minimum Gasteiger partial charge on any atom is -0.285 e. The Hall–Kier alpha value is -4.04. The van der Waals surface area contributed by atoms with Crippen molar-refractivity contribution < 1.29 is 0 Å². The van der Waals surface area contributed by atoms with E-state index in [0.29, 0.717) is 18.8 Å². The summed E-state index contributed by atoms with van der Waals surface area (Å²) < 4.78 is 1.90. The van der Waals surface area contributed by atoms with Crippen molar-refractivity contribution in [3.05, 3.63) is 49.2 Å². The summed E-state index contributed by atoms with van der Waals surface area (Å²) in [4.78, 5) is 9.39. The summed E-state index contributed by atoms with van der Waals surface area (Å²) in [5, 5.41) is 30.7. The van der Waals surface area contributed by atoms with Crippen LogP contribution >= 0.6 is 0 Å². The van der Waals surface area contributed by atoms with E-state index < -0.39 is 0 Å². The minimum atomic E-state index is -0.343. The molecule has 5 rings (SSSR count). The zero-order chi connectivity index (χ0) is 20.6. The highest BCUT2D eigenvalue weighted by molar-refractivity contribution is 5.94. The number of hydrogen-bond acceptors (Lipinski definition) is 6. The molecular weight excluding hydrogens is 376 g/mol. The van der Waals surface area contributed by atoms with Gasteiger partial charge in [0, 0.05) is 41.5 Å². The molecule has 30 heavy (non-hydrogen) atoms. The standard InChI is InChI=1S/C22H18N8/c23-5-3-15-9-22(10-15,4-6-24)30-14-17(13-28-30)21-18-2-1-7-25-20(18)8-19(29-21)16-11-26-27-12-16/h1-2,7-8,11-15H,3-4,9-10H2,(H,26,27)/t15-,22-. The quantitative estimate of drug-likeness (QED) is 0.549. The molecule has 0 radical (unpaired) electrons. The topological polar surface area (TPSA) is 120 Å². The van der Waals surface area contributed by atoms with Gasteiger partial charge in [0.15, 0.2) is 0 Å². The molecule has 4 aromatic heterocycles. The number of H-pyrrole nitrogens is 1.